The molecule has 1 saturated heterocycles. The van der Waals surface area contributed by atoms with Crippen LogP contribution in [0, 0.1) is 5.92 Å². The average molecular weight is 622 g/mol. The summed E-state index contributed by atoms with van der Waals surface area (Å²) in [4.78, 5) is 39.2. The highest BCUT2D eigenvalue weighted by Gasteiger charge is 2.29. The van der Waals surface area contributed by atoms with Crippen LogP contribution in [0.3, 0.4) is 0 Å². The number of thioether (sulfide) groups is 1. The number of pyridine rings is 2. The summed E-state index contributed by atoms with van der Waals surface area (Å²) in [6.45, 7) is 3.56. The molecule has 0 radical (unpaired) electrons. The first-order valence-electron chi connectivity index (χ1n) is 15.5. The second-order valence-corrected chi connectivity index (χ2v) is 13.0. The van der Waals surface area contributed by atoms with Crippen molar-refractivity contribution in [2.24, 2.45) is 5.92 Å². The van der Waals surface area contributed by atoms with Gasteiger partial charge in [0.05, 0.1) is 16.1 Å². The van der Waals surface area contributed by atoms with Gasteiger partial charge in [-0.05, 0) is 88.8 Å². The first-order valence-corrected chi connectivity index (χ1v) is 16.3. The van der Waals surface area contributed by atoms with Gasteiger partial charge >= 0.3 is 5.97 Å². The number of fused-ring (bicyclic) bond motifs is 1. The largest absolute Gasteiger partial charge is 0.460 e. The second-order valence-electron chi connectivity index (χ2n) is 11.8. The van der Waals surface area contributed by atoms with Gasteiger partial charge in [0.1, 0.15) is 12.3 Å². The molecule has 0 amide bonds. The summed E-state index contributed by atoms with van der Waals surface area (Å²) in [5.74, 6) is -0.177. The van der Waals surface area contributed by atoms with Crippen LogP contribution in [0.5, 0.6) is 0 Å². The van der Waals surface area contributed by atoms with Gasteiger partial charge in [-0.2, -0.15) is 0 Å². The highest BCUT2D eigenvalue weighted by Crippen LogP contribution is 2.35. The summed E-state index contributed by atoms with van der Waals surface area (Å²) in [5, 5.41) is 3.91. The number of esters is 1. The van der Waals surface area contributed by atoms with E-state index in [1.807, 2.05) is 109 Å². The molecule has 4 aromatic rings. The van der Waals surface area contributed by atoms with Crippen LogP contribution < -0.4 is 10.7 Å². The van der Waals surface area contributed by atoms with Gasteiger partial charge in [0.15, 0.2) is 5.43 Å². The third kappa shape index (κ3) is 7.22. The monoisotopic (exact) mass is 621 g/mol. The Morgan fingerprint density at radius 1 is 1.00 bits per heavy atom. The maximum Gasteiger partial charge on any atom is 0.355 e. The zero-order valence-electron chi connectivity index (χ0n) is 25.8. The molecule has 45 heavy (non-hydrogen) atoms. The van der Waals surface area contributed by atoms with Gasteiger partial charge in [-0.3, -0.25) is 14.7 Å². The number of nitrogens with one attached hydrogen (secondary N) is 1. The van der Waals surface area contributed by atoms with Crippen molar-refractivity contribution >= 4 is 33.5 Å². The Balaban J connectivity index is 1.23. The second kappa shape index (κ2) is 14.3. The number of carbonyl (C=O) groups is 1. The van der Waals surface area contributed by atoms with E-state index in [1.54, 1.807) is 11.8 Å². The van der Waals surface area contributed by atoms with E-state index in [4.69, 9.17) is 4.74 Å². The molecule has 4 heterocycles. The van der Waals surface area contributed by atoms with Crippen molar-refractivity contribution in [3.05, 3.63) is 123 Å². The lowest BCUT2D eigenvalue weighted by molar-refractivity contribution is 0.0470. The number of likely N-dealkylation sites (N-methyl/N-ethyl adjacent to an activating group) is 1. The minimum absolute atomic E-state index is 0.0801. The first-order chi connectivity index (χ1) is 22.0. The Kier molecular flexibility index (Phi) is 9.78. The van der Waals surface area contributed by atoms with Crippen LogP contribution in [-0.2, 0) is 11.2 Å². The van der Waals surface area contributed by atoms with Crippen molar-refractivity contribution in [1.82, 2.24) is 24.7 Å². The average Bonchev–Trinajstić information content (AvgIpc) is 3.07. The van der Waals surface area contributed by atoms with E-state index < -0.39 is 5.97 Å². The van der Waals surface area contributed by atoms with Crippen LogP contribution in [0.2, 0.25) is 0 Å². The lowest BCUT2D eigenvalue weighted by atomic mass is 9.88. The zero-order chi connectivity index (χ0) is 31.2. The minimum Gasteiger partial charge on any atom is -0.460 e. The standard InChI is InChI=1S/C36H39N5O3S/c1-39(2)20-21-44-36(43)34-30(35(42)29-12-6-7-14-32(29)41(34)27-10-4-3-5-11-27)22-26-15-18-40(19-16-26)25-28-23-37-24-33(45-28)31-13-8-9-17-38-31/h3-14,17,23-24,26,37H,15-16,18-22,25H2,1-2H3. The van der Waals surface area contributed by atoms with Crippen molar-refractivity contribution in [3.8, 4) is 5.69 Å². The third-order valence-electron chi connectivity index (χ3n) is 8.35. The number of nitrogens with zero attached hydrogens (tertiary/aromatic N) is 4. The van der Waals surface area contributed by atoms with Crippen molar-refractivity contribution in [2.75, 3.05) is 46.9 Å². The molecule has 1 fully saturated rings. The molecule has 2 aliphatic rings. The van der Waals surface area contributed by atoms with E-state index in [9.17, 15) is 9.59 Å². The maximum atomic E-state index is 14.1. The molecule has 0 atom stereocenters. The van der Waals surface area contributed by atoms with Gasteiger partial charge in [-0.15, -0.1) is 0 Å². The fourth-order valence-corrected chi connectivity index (χ4v) is 7.01. The molecule has 0 spiro atoms. The molecule has 2 aromatic carbocycles. The van der Waals surface area contributed by atoms with Crippen molar-refractivity contribution in [3.63, 3.8) is 0 Å². The molecular formula is C36H39N5O3S. The smallest absolute Gasteiger partial charge is 0.355 e. The van der Waals surface area contributed by atoms with E-state index >= 15 is 0 Å². The Hall–Kier alpha value is -4.18. The van der Waals surface area contributed by atoms with E-state index in [0.29, 0.717) is 35.1 Å². The van der Waals surface area contributed by atoms with Gasteiger partial charge in [-0.25, -0.2) is 4.79 Å². The van der Waals surface area contributed by atoms with Crippen LogP contribution in [0.25, 0.3) is 21.5 Å². The van der Waals surface area contributed by atoms with Crippen LogP contribution in [0.4, 0.5) is 0 Å². The first kappa shape index (κ1) is 30.8. The SMILES string of the molecule is CN(C)CCOC(=O)c1c(CC2CCN(CC3=CNC=C(c4ccccn4)S3)CC2)c(=O)c2ccccc2n1-c1ccccc1. The van der Waals surface area contributed by atoms with Crippen LogP contribution in [-0.4, -0.2) is 72.2 Å². The number of hydrogen-bond acceptors (Lipinski definition) is 8. The molecule has 9 heteroatoms. The Morgan fingerprint density at radius 3 is 2.51 bits per heavy atom. The molecule has 0 saturated carbocycles. The number of benzene rings is 2. The predicted octanol–water partition coefficient (Wildman–Crippen LogP) is 5.54. The lowest BCUT2D eigenvalue weighted by Crippen LogP contribution is -2.36. The van der Waals surface area contributed by atoms with E-state index in [2.05, 4.69) is 21.4 Å². The zero-order valence-corrected chi connectivity index (χ0v) is 26.6. The van der Waals surface area contributed by atoms with Crippen LogP contribution >= 0.6 is 11.8 Å². The number of hydrogen-bond donors (Lipinski definition) is 1. The summed E-state index contributed by atoms with van der Waals surface area (Å²) in [6.07, 6.45) is 8.31. The number of rotatable bonds is 10. The number of likely N-dealkylation sites (tertiary alicyclic amines) is 1. The molecule has 8 nitrogen and oxygen atoms in total. The summed E-state index contributed by atoms with van der Waals surface area (Å²) in [5.41, 5.74) is 3.31. The molecule has 0 bridgehead atoms. The molecule has 0 unspecified atom stereocenters. The topological polar surface area (TPSA) is 79.7 Å². The highest BCUT2D eigenvalue weighted by molar-refractivity contribution is 8.11. The van der Waals surface area contributed by atoms with E-state index in [0.717, 1.165) is 48.8 Å². The summed E-state index contributed by atoms with van der Waals surface area (Å²) in [7, 11) is 3.88. The highest BCUT2D eigenvalue weighted by atomic mass is 32.2. The predicted molar refractivity (Wildman–Crippen MR) is 182 cm³/mol. The third-order valence-corrected chi connectivity index (χ3v) is 9.41. The van der Waals surface area contributed by atoms with Crippen molar-refractivity contribution in [1.29, 1.82) is 0 Å². The molecule has 2 aromatic heterocycles. The van der Waals surface area contributed by atoms with Gasteiger partial charge in [0, 0.05) is 53.2 Å². The van der Waals surface area contributed by atoms with Gasteiger partial charge < -0.3 is 19.5 Å². The molecule has 2 aliphatic heterocycles. The van der Waals surface area contributed by atoms with E-state index in [1.165, 1.54) is 4.91 Å². The van der Waals surface area contributed by atoms with Gasteiger partial charge in [0.25, 0.3) is 0 Å². The minimum atomic E-state index is -0.457. The Bertz CT molecular complexity index is 1760. The molecule has 232 valence electrons. The maximum absolute atomic E-state index is 14.1. The van der Waals surface area contributed by atoms with Gasteiger partial charge in [-0.1, -0.05) is 48.2 Å². The summed E-state index contributed by atoms with van der Waals surface area (Å²) in [6, 6.07) is 23.3. The quantitative estimate of drug-likeness (QED) is 0.232. The number of piperidine rings is 1. The molecule has 6 rings (SSSR count). The molecule has 1 N–H and O–H groups in total. The fourth-order valence-electron chi connectivity index (χ4n) is 6.01. The molecule has 0 aliphatic carbocycles. The Morgan fingerprint density at radius 2 is 1.76 bits per heavy atom. The summed E-state index contributed by atoms with van der Waals surface area (Å²) < 4.78 is 7.73. The summed E-state index contributed by atoms with van der Waals surface area (Å²) >= 11 is 1.75. The van der Waals surface area contributed by atoms with Crippen LogP contribution in [0.1, 0.15) is 34.6 Å². The fraction of sp³-hybridized carbons (Fsp3) is 0.306. The molecular weight excluding hydrogens is 582 g/mol. The van der Waals surface area contributed by atoms with Crippen molar-refractivity contribution < 1.29 is 9.53 Å². The van der Waals surface area contributed by atoms with Crippen molar-refractivity contribution in [2.45, 2.75) is 19.3 Å². The van der Waals surface area contributed by atoms with Gasteiger partial charge in [0.2, 0.25) is 0 Å². The van der Waals surface area contributed by atoms with Crippen LogP contribution in [0.15, 0.2) is 101 Å². The lowest BCUT2D eigenvalue weighted by Gasteiger charge is -2.33. The normalized spacial score (nSPS) is 15.9. The van der Waals surface area contributed by atoms with E-state index in [-0.39, 0.29) is 18.0 Å². The number of para-hydroxylation sites is 2. The number of aromatic nitrogens is 2. The number of ether oxygens (including phenoxy) is 1. The Labute approximate surface area is 268 Å². The number of carbonyl (C=O) groups excluding carboxylic acids is 1.